The van der Waals surface area contributed by atoms with Crippen molar-refractivity contribution in [2.24, 2.45) is 0 Å². The molecule has 0 atom stereocenters. The molecule has 9 aromatic carbocycles. The van der Waals surface area contributed by atoms with Crippen LogP contribution in [-0.4, -0.2) is 23.9 Å². The summed E-state index contributed by atoms with van der Waals surface area (Å²) < 4.78 is 13.2. The Labute approximate surface area is 355 Å². The maximum atomic E-state index is 6.07. The first-order valence-corrected chi connectivity index (χ1v) is 20.9. The molecule has 4 aromatic heterocycles. The first kappa shape index (κ1) is 34.4. The maximum absolute atomic E-state index is 6.07. The summed E-state index contributed by atoms with van der Waals surface area (Å²) in [6, 6.07) is 75.7. The van der Waals surface area contributed by atoms with Gasteiger partial charge in [-0.2, -0.15) is 0 Å². The van der Waals surface area contributed by atoms with E-state index in [0.29, 0.717) is 11.8 Å². The fourth-order valence-corrected chi connectivity index (χ4v) is 9.61. The van der Waals surface area contributed by atoms with Gasteiger partial charge in [0.25, 0.3) is 0 Å². The van der Waals surface area contributed by atoms with Crippen LogP contribution in [0.4, 0.5) is 0 Å². The summed E-state index contributed by atoms with van der Waals surface area (Å²) in [5.74, 6) is 1.00. The van der Waals surface area contributed by atoms with Crippen LogP contribution >= 0.6 is 0 Å². The molecular formula is C56H35N5O. The fraction of sp³-hybridized carbons (Fsp3) is 0. The fourth-order valence-electron chi connectivity index (χ4n) is 9.61. The molecule has 62 heavy (non-hydrogen) atoms. The average Bonchev–Trinajstić information content (AvgIpc) is 4.12. The molecule has 0 saturated heterocycles. The van der Waals surface area contributed by atoms with Crippen molar-refractivity contribution in [1.82, 2.24) is 23.9 Å². The summed E-state index contributed by atoms with van der Waals surface area (Å²) >= 11 is 0. The smallest absolute Gasteiger partial charge is 0.248 e. The SMILES string of the molecule is c1ccc(-c2nnc(-c3ccc(-n4c5ccccc5c5cc(-c6ccc7c(c6)c6ccccc6n7-c6ccc7c(c6)c6ccccc6n7-c6ccccc6)ccc54)cc3)o2)cc1. The first-order valence-electron chi connectivity index (χ1n) is 20.9. The third kappa shape index (κ3) is 5.23. The van der Waals surface area contributed by atoms with E-state index < -0.39 is 0 Å². The second kappa shape index (κ2) is 13.5. The number of benzene rings is 9. The molecule has 0 amide bonds. The molecule has 6 heteroatoms. The van der Waals surface area contributed by atoms with Crippen molar-refractivity contribution in [1.29, 1.82) is 0 Å². The number of para-hydroxylation sites is 4. The van der Waals surface area contributed by atoms with E-state index in [2.05, 4.69) is 206 Å². The lowest BCUT2D eigenvalue weighted by molar-refractivity contribution is 0.584. The number of hydrogen-bond donors (Lipinski definition) is 0. The molecule has 0 radical (unpaired) electrons. The van der Waals surface area contributed by atoms with Crippen molar-refractivity contribution < 1.29 is 4.42 Å². The van der Waals surface area contributed by atoms with Gasteiger partial charge < -0.3 is 18.1 Å². The molecule has 0 spiro atoms. The molecule has 0 aliphatic heterocycles. The molecule has 13 aromatic rings. The predicted molar refractivity (Wildman–Crippen MR) is 254 cm³/mol. The Bertz CT molecular complexity index is 3850. The Morgan fingerprint density at radius 1 is 0.258 bits per heavy atom. The van der Waals surface area contributed by atoms with Crippen LogP contribution in [0.25, 0.3) is 117 Å². The quantitative estimate of drug-likeness (QED) is 0.168. The van der Waals surface area contributed by atoms with Gasteiger partial charge in [-0.05, 0) is 120 Å². The van der Waals surface area contributed by atoms with Gasteiger partial charge in [0.05, 0.1) is 33.1 Å². The molecule has 0 bridgehead atoms. The predicted octanol–water partition coefficient (Wildman–Crippen LogP) is 14.4. The Kier molecular flexibility index (Phi) is 7.50. The molecule has 0 saturated carbocycles. The second-order valence-electron chi connectivity index (χ2n) is 15.9. The van der Waals surface area contributed by atoms with Crippen LogP contribution < -0.4 is 0 Å². The normalized spacial score (nSPS) is 11.9. The van der Waals surface area contributed by atoms with Crippen LogP contribution in [-0.2, 0) is 0 Å². The summed E-state index contributed by atoms with van der Waals surface area (Å²) in [6.45, 7) is 0. The van der Waals surface area contributed by atoms with Crippen LogP contribution in [0.5, 0.6) is 0 Å². The Hall–Kier alpha value is -8.48. The Morgan fingerprint density at radius 2 is 0.613 bits per heavy atom. The lowest BCUT2D eigenvalue weighted by Crippen LogP contribution is -1.95. The minimum atomic E-state index is 0.496. The molecule has 13 rings (SSSR count). The van der Waals surface area contributed by atoms with Crippen molar-refractivity contribution in [3.63, 3.8) is 0 Å². The molecule has 290 valence electrons. The maximum Gasteiger partial charge on any atom is 0.248 e. The number of aromatic nitrogens is 5. The van der Waals surface area contributed by atoms with Gasteiger partial charge in [-0.25, -0.2) is 0 Å². The van der Waals surface area contributed by atoms with E-state index in [1.54, 1.807) is 0 Å². The van der Waals surface area contributed by atoms with E-state index in [9.17, 15) is 0 Å². The van der Waals surface area contributed by atoms with E-state index in [1.165, 1.54) is 65.5 Å². The topological polar surface area (TPSA) is 53.7 Å². The molecule has 4 heterocycles. The van der Waals surface area contributed by atoms with Crippen molar-refractivity contribution in [3.8, 4) is 51.1 Å². The van der Waals surface area contributed by atoms with E-state index in [0.717, 1.165) is 39.2 Å². The Balaban J connectivity index is 0.906. The molecule has 0 fully saturated rings. The minimum Gasteiger partial charge on any atom is -0.416 e. The zero-order chi connectivity index (χ0) is 40.7. The highest BCUT2D eigenvalue weighted by molar-refractivity contribution is 6.14. The van der Waals surface area contributed by atoms with Crippen molar-refractivity contribution in [3.05, 3.63) is 212 Å². The van der Waals surface area contributed by atoms with Crippen molar-refractivity contribution in [2.75, 3.05) is 0 Å². The van der Waals surface area contributed by atoms with E-state index in [-0.39, 0.29) is 0 Å². The highest BCUT2D eigenvalue weighted by Gasteiger charge is 2.19. The summed E-state index contributed by atoms with van der Waals surface area (Å²) in [7, 11) is 0. The molecular weight excluding hydrogens is 759 g/mol. The average molecular weight is 794 g/mol. The van der Waals surface area contributed by atoms with E-state index >= 15 is 0 Å². The van der Waals surface area contributed by atoms with Gasteiger partial charge in [-0.3, -0.25) is 0 Å². The number of hydrogen-bond acceptors (Lipinski definition) is 3. The van der Waals surface area contributed by atoms with Gasteiger partial charge in [0.2, 0.25) is 11.8 Å². The van der Waals surface area contributed by atoms with Crippen LogP contribution in [0, 0.1) is 0 Å². The summed E-state index contributed by atoms with van der Waals surface area (Å²) in [6.07, 6.45) is 0. The zero-order valence-electron chi connectivity index (χ0n) is 33.4. The molecule has 0 aliphatic carbocycles. The van der Waals surface area contributed by atoms with Gasteiger partial charge in [0.1, 0.15) is 0 Å². The highest BCUT2D eigenvalue weighted by atomic mass is 16.4. The minimum absolute atomic E-state index is 0.496. The van der Waals surface area contributed by atoms with Crippen molar-refractivity contribution >= 4 is 65.4 Å². The highest BCUT2D eigenvalue weighted by Crippen LogP contribution is 2.40. The van der Waals surface area contributed by atoms with Crippen LogP contribution in [0.1, 0.15) is 0 Å². The van der Waals surface area contributed by atoms with E-state index in [1.807, 2.05) is 30.3 Å². The van der Waals surface area contributed by atoms with Crippen LogP contribution in [0.2, 0.25) is 0 Å². The molecule has 0 aliphatic rings. The summed E-state index contributed by atoms with van der Waals surface area (Å²) in [5, 5.41) is 16.0. The third-order valence-electron chi connectivity index (χ3n) is 12.4. The van der Waals surface area contributed by atoms with E-state index in [4.69, 9.17) is 4.42 Å². The lowest BCUT2D eigenvalue weighted by Gasteiger charge is -2.11. The van der Waals surface area contributed by atoms with Gasteiger partial charge >= 0.3 is 0 Å². The van der Waals surface area contributed by atoms with Gasteiger partial charge in [-0.15, -0.1) is 10.2 Å². The standard InChI is InChI=1S/C56H35N5O/c1-3-13-36(14-4-1)55-57-58-56(62-55)37-23-27-41(28-24-37)60-49-20-10-7-17-43(49)46-33-38(25-30-52(46)60)39-26-31-53-47(34-39)44-18-8-12-22-51(44)61(53)42-29-32-54-48(35-42)45-19-9-11-21-50(45)59(54)40-15-5-2-6-16-40/h1-35H. The zero-order valence-corrected chi connectivity index (χ0v) is 33.4. The second-order valence-corrected chi connectivity index (χ2v) is 15.9. The van der Waals surface area contributed by atoms with Crippen molar-refractivity contribution in [2.45, 2.75) is 0 Å². The van der Waals surface area contributed by atoms with Gasteiger partial charge in [0, 0.05) is 60.5 Å². The lowest BCUT2D eigenvalue weighted by atomic mass is 10.0. The van der Waals surface area contributed by atoms with Gasteiger partial charge in [0.15, 0.2) is 0 Å². The van der Waals surface area contributed by atoms with Crippen LogP contribution in [0.3, 0.4) is 0 Å². The Morgan fingerprint density at radius 3 is 1.15 bits per heavy atom. The number of fused-ring (bicyclic) bond motifs is 9. The molecule has 0 unspecified atom stereocenters. The third-order valence-corrected chi connectivity index (χ3v) is 12.4. The number of rotatable bonds is 6. The largest absolute Gasteiger partial charge is 0.416 e. The summed E-state index contributed by atoms with van der Waals surface area (Å²) in [5.41, 5.74) is 14.6. The van der Waals surface area contributed by atoms with Crippen LogP contribution in [0.15, 0.2) is 217 Å². The first-order chi connectivity index (χ1) is 30.7. The molecule has 6 nitrogen and oxygen atoms in total. The monoisotopic (exact) mass is 793 g/mol. The summed E-state index contributed by atoms with van der Waals surface area (Å²) in [4.78, 5) is 0. The molecule has 0 N–H and O–H groups in total. The number of nitrogens with zero attached hydrogens (tertiary/aromatic N) is 5. The van der Waals surface area contributed by atoms with Gasteiger partial charge in [-0.1, -0.05) is 103 Å².